The van der Waals surface area contributed by atoms with Crippen LogP contribution in [0.25, 0.3) is 11.1 Å². The number of methoxy groups -OCH3 is 1. The van der Waals surface area contributed by atoms with Gasteiger partial charge in [-0.25, -0.2) is 0 Å². The molecule has 0 bridgehead atoms. The van der Waals surface area contributed by atoms with Crippen molar-refractivity contribution in [1.29, 1.82) is 0 Å². The highest BCUT2D eigenvalue weighted by molar-refractivity contribution is 5.95. The van der Waals surface area contributed by atoms with Crippen LogP contribution in [0.3, 0.4) is 0 Å². The second-order valence-corrected chi connectivity index (χ2v) is 5.80. The maximum absolute atomic E-state index is 12.7. The zero-order valence-electron chi connectivity index (χ0n) is 13.5. The van der Waals surface area contributed by atoms with E-state index in [4.69, 9.17) is 4.74 Å². The number of aromatic nitrogens is 1. The lowest BCUT2D eigenvalue weighted by molar-refractivity contribution is 0.0708. The van der Waals surface area contributed by atoms with Gasteiger partial charge in [0.1, 0.15) is 5.75 Å². The van der Waals surface area contributed by atoms with Gasteiger partial charge in [0.15, 0.2) is 0 Å². The molecule has 1 N–H and O–H groups in total. The monoisotopic (exact) mass is 311 g/mol. The molecule has 5 nitrogen and oxygen atoms in total. The van der Waals surface area contributed by atoms with Crippen LogP contribution in [-0.2, 0) is 0 Å². The summed E-state index contributed by atoms with van der Waals surface area (Å²) in [6, 6.07) is 9.98. The van der Waals surface area contributed by atoms with Gasteiger partial charge in [0.25, 0.3) is 5.91 Å². The van der Waals surface area contributed by atoms with Gasteiger partial charge in [-0.1, -0.05) is 12.1 Å². The van der Waals surface area contributed by atoms with E-state index in [1.54, 1.807) is 19.5 Å². The van der Waals surface area contributed by atoms with E-state index in [2.05, 4.69) is 17.2 Å². The smallest absolute Gasteiger partial charge is 0.255 e. The molecular weight excluding hydrogens is 290 g/mol. The Kier molecular flexibility index (Phi) is 4.57. The van der Waals surface area contributed by atoms with Crippen molar-refractivity contribution in [1.82, 2.24) is 15.2 Å². The van der Waals surface area contributed by atoms with Crippen LogP contribution in [0.5, 0.6) is 5.75 Å². The number of carbonyl (C=O) groups is 1. The Balaban J connectivity index is 1.82. The molecule has 1 unspecified atom stereocenters. The number of nitrogens with zero attached hydrogens (tertiary/aromatic N) is 2. The topological polar surface area (TPSA) is 54.5 Å². The van der Waals surface area contributed by atoms with Crippen LogP contribution in [0.4, 0.5) is 0 Å². The minimum atomic E-state index is 0.0428. The zero-order chi connectivity index (χ0) is 16.2. The fourth-order valence-corrected chi connectivity index (χ4v) is 2.80. The average Bonchev–Trinajstić information content (AvgIpc) is 2.61. The molecule has 2 aromatic rings. The predicted octanol–water partition coefficient (Wildman–Crippen LogP) is 2.19. The Morgan fingerprint density at radius 3 is 2.74 bits per heavy atom. The minimum Gasteiger partial charge on any atom is -0.497 e. The van der Waals surface area contributed by atoms with E-state index in [0.29, 0.717) is 11.6 Å². The van der Waals surface area contributed by atoms with Crippen molar-refractivity contribution < 1.29 is 9.53 Å². The van der Waals surface area contributed by atoms with E-state index in [0.717, 1.165) is 36.5 Å². The summed E-state index contributed by atoms with van der Waals surface area (Å²) in [6.07, 6.45) is 3.42. The van der Waals surface area contributed by atoms with Crippen molar-refractivity contribution in [2.75, 3.05) is 26.7 Å². The molecular formula is C18H21N3O2. The lowest BCUT2D eigenvalue weighted by Crippen LogP contribution is -2.51. The maximum Gasteiger partial charge on any atom is 0.255 e. The van der Waals surface area contributed by atoms with E-state index in [9.17, 15) is 4.79 Å². The molecule has 23 heavy (non-hydrogen) atoms. The van der Waals surface area contributed by atoms with Gasteiger partial charge in [-0.15, -0.1) is 0 Å². The molecule has 1 aromatic carbocycles. The van der Waals surface area contributed by atoms with Crippen LogP contribution in [0, 0.1) is 0 Å². The van der Waals surface area contributed by atoms with Gasteiger partial charge in [0.2, 0.25) is 0 Å². The van der Waals surface area contributed by atoms with Crippen LogP contribution < -0.4 is 10.1 Å². The fraction of sp³-hybridized carbons (Fsp3) is 0.333. The first-order valence-corrected chi connectivity index (χ1v) is 7.79. The Morgan fingerprint density at radius 1 is 1.26 bits per heavy atom. The number of piperazine rings is 1. The molecule has 3 rings (SSSR count). The van der Waals surface area contributed by atoms with Gasteiger partial charge in [-0.05, 0) is 30.7 Å². The van der Waals surface area contributed by atoms with Crippen molar-refractivity contribution in [3.05, 3.63) is 48.3 Å². The second kappa shape index (κ2) is 6.79. The van der Waals surface area contributed by atoms with Gasteiger partial charge in [-0.3, -0.25) is 9.78 Å². The van der Waals surface area contributed by atoms with Crippen molar-refractivity contribution in [2.24, 2.45) is 0 Å². The molecule has 0 spiro atoms. The summed E-state index contributed by atoms with van der Waals surface area (Å²) in [6.45, 7) is 4.38. The first kappa shape index (κ1) is 15.5. The highest BCUT2D eigenvalue weighted by Gasteiger charge is 2.22. The van der Waals surface area contributed by atoms with Crippen LogP contribution >= 0.6 is 0 Å². The maximum atomic E-state index is 12.7. The lowest BCUT2D eigenvalue weighted by atomic mass is 10.1. The molecule has 1 aliphatic heterocycles. The van der Waals surface area contributed by atoms with Gasteiger partial charge < -0.3 is 15.0 Å². The molecule has 1 amide bonds. The van der Waals surface area contributed by atoms with Crippen molar-refractivity contribution in [2.45, 2.75) is 13.0 Å². The van der Waals surface area contributed by atoms with Crippen molar-refractivity contribution >= 4 is 5.91 Å². The van der Waals surface area contributed by atoms with Gasteiger partial charge >= 0.3 is 0 Å². The second-order valence-electron chi connectivity index (χ2n) is 5.80. The lowest BCUT2D eigenvalue weighted by Gasteiger charge is -2.31. The summed E-state index contributed by atoms with van der Waals surface area (Å²) in [7, 11) is 1.64. The third-order valence-electron chi connectivity index (χ3n) is 4.06. The predicted molar refractivity (Wildman–Crippen MR) is 89.6 cm³/mol. The number of pyridine rings is 1. The standard InChI is InChI=1S/C18H21N3O2/c1-13-12-21(8-7-20-13)18(22)16-9-15(10-19-11-16)14-3-5-17(23-2)6-4-14/h3-6,9-11,13,20H,7-8,12H2,1-2H3. The molecule has 1 saturated heterocycles. The number of amides is 1. The van der Waals surface area contributed by atoms with Crippen molar-refractivity contribution in [3.8, 4) is 16.9 Å². The Morgan fingerprint density at radius 2 is 2.04 bits per heavy atom. The molecule has 2 heterocycles. The van der Waals surface area contributed by atoms with E-state index in [1.807, 2.05) is 35.2 Å². The Bertz CT molecular complexity index is 685. The molecule has 1 fully saturated rings. The first-order valence-electron chi connectivity index (χ1n) is 7.79. The van der Waals surface area contributed by atoms with Crippen molar-refractivity contribution in [3.63, 3.8) is 0 Å². The van der Waals surface area contributed by atoms with E-state index >= 15 is 0 Å². The minimum absolute atomic E-state index is 0.0428. The molecule has 1 aliphatic rings. The summed E-state index contributed by atoms with van der Waals surface area (Å²) in [5, 5.41) is 3.34. The molecule has 1 atom stereocenters. The molecule has 120 valence electrons. The van der Waals surface area contributed by atoms with Gasteiger partial charge in [0, 0.05) is 43.6 Å². The Hall–Kier alpha value is -2.40. The van der Waals surface area contributed by atoms with E-state index < -0.39 is 0 Å². The summed E-state index contributed by atoms with van der Waals surface area (Å²) in [5.41, 5.74) is 2.58. The van der Waals surface area contributed by atoms with E-state index in [1.165, 1.54) is 0 Å². The number of benzene rings is 1. The zero-order valence-corrected chi connectivity index (χ0v) is 13.5. The number of rotatable bonds is 3. The third-order valence-corrected chi connectivity index (χ3v) is 4.06. The highest BCUT2D eigenvalue weighted by atomic mass is 16.5. The van der Waals surface area contributed by atoms with Gasteiger partial charge in [0.05, 0.1) is 12.7 Å². The summed E-state index contributed by atoms with van der Waals surface area (Å²) in [4.78, 5) is 18.8. The quantitative estimate of drug-likeness (QED) is 0.944. The summed E-state index contributed by atoms with van der Waals surface area (Å²) < 4.78 is 5.17. The molecule has 0 aliphatic carbocycles. The molecule has 0 saturated carbocycles. The summed E-state index contributed by atoms with van der Waals surface area (Å²) >= 11 is 0. The summed E-state index contributed by atoms with van der Waals surface area (Å²) in [5.74, 6) is 0.852. The number of nitrogens with one attached hydrogen (secondary N) is 1. The molecule has 5 heteroatoms. The number of hydrogen-bond donors (Lipinski definition) is 1. The average molecular weight is 311 g/mol. The van der Waals surface area contributed by atoms with Crippen LogP contribution in [0.1, 0.15) is 17.3 Å². The number of hydrogen-bond acceptors (Lipinski definition) is 4. The largest absolute Gasteiger partial charge is 0.497 e. The van der Waals surface area contributed by atoms with Crippen LogP contribution in [0.2, 0.25) is 0 Å². The fourth-order valence-electron chi connectivity index (χ4n) is 2.80. The number of carbonyl (C=O) groups excluding carboxylic acids is 1. The Labute approximate surface area is 136 Å². The number of ether oxygens (including phenoxy) is 1. The normalized spacial score (nSPS) is 17.8. The molecule has 1 aromatic heterocycles. The first-order chi connectivity index (χ1) is 11.2. The van der Waals surface area contributed by atoms with Crippen LogP contribution in [0.15, 0.2) is 42.7 Å². The SMILES string of the molecule is COc1ccc(-c2cncc(C(=O)N3CCNC(C)C3)c2)cc1. The third kappa shape index (κ3) is 3.51. The van der Waals surface area contributed by atoms with E-state index in [-0.39, 0.29) is 5.91 Å². The molecule has 0 radical (unpaired) electrons. The highest BCUT2D eigenvalue weighted by Crippen LogP contribution is 2.23. The van der Waals surface area contributed by atoms with Crippen LogP contribution in [-0.4, -0.2) is 48.6 Å². The van der Waals surface area contributed by atoms with Gasteiger partial charge in [-0.2, -0.15) is 0 Å².